The van der Waals surface area contributed by atoms with Gasteiger partial charge in [-0.3, -0.25) is 0 Å². The van der Waals surface area contributed by atoms with E-state index >= 15 is 0 Å². The number of rotatable bonds is 6. The molecule has 2 rings (SSSR count). The minimum Gasteiger partial charge on any atom is -0.326 e. The Labute approximate surface area is 126 Å². The number of nitrogens with two attached hydrogens (primary N) is 1. The molecule has 1 fully saturated rings. The molecule has 1 aliphatic carbocycles. The summed E-state index contributed by atoms with van der Waals surface area (Å²) in [6.07, 6.45) is 3.46. The van der Waals surface area contributed by atoms with Gasteiger partial charge in [0.25, 0.3) is 0 Å². The van der Waals surface area contributed by atoms with E-state index in [0.717, 1.165) is 12.8 Å². The van der Waals surface area contributed by atoms with E-state index in [1.54, 1.807) is 22.5 Å². The summed E-state index contributed by atoms with van der Waals surface area (Å²) < 4.78 is 26.9. The summed E-state index contributed by atoms with van der Waals surface area (Å²) in [5.74, 6) is 0.506. The van der Waals surface area contributed by atoms with Crippen LogP contribution < -0.4 is 5.73 Å². The van der Waals surface area contributed by atoms with Gasteiger partial charge in [-0.1, -0.05) is 24.9 Å². The third-order valence-corrected chi connectivity index (χ3v) is 6.22. The van der Waals surface area contributed by atoms with Crippen LogP contribution >= 0.6 is 11.6 Å². The van der Waals surface area contributed by atoms with Gasteiger partial charge in [0.1, 0.15) is 0 Å². The number of nitrogens with zero attached hydrogens (tertiary/aromatic N) is 1. The molecule has 0 saturated heterocycles. The lowest BCUT2D eigenvalue weighted by Gasteiger charge is -2.31. The van der Waals surface area contributed by atoms with Crippen molar-refractivity contribution in [2.75, 3.05) is 13.1 Å². The van der Waals surface area contributed by atoms with Gasteiger partial charge in [0, 0.05) is 24.7 Å². The SMILES string of the molecule is CCN(CC1CCC1)S(=O)(=O)c1ccc(Cl)c(CN)c1. The van der Waals surface area contributed by atoms with Crippen LogP contribution in [0.2, 0.25) is 5.02 Å². The highest BCUT2D eigenvalue weighted by Gasteiger charge is 2.28. The van der Waals surface area contributed by atoms with Crippen LogP contribution in [0.1, 0.15) is 31.7 Å². The van der Waals surface area contributed by atoms with Gasteiger partial charge < -0.3 is 5.73 Å². The molecule has 0 heterocycles. The maximum absolute atomic E-state index is 12.7. The molecule has 6 heteroatoms. The Morgan fingerprint density at radius 2 is 2.10 bits per heavy atom. The van der Waals surface area contributed by atoms with Crippen LogP contribution in [0.15, 0.2) is 23.1 Å². The van der Waals surface area contributed by atoms with Crippen molar-refractivity contribution in [1.82, 2.24) is 4.31 Å². The lowest BCUT2D eigenvalue weighted by atomic mass is 9.85. The first kappa shape index (κ1) is 15.8. The summed E-state index contributed by atoms with van der Waals surface area (Å²) in [5, 5.41) is 0.508. The second-order valence-corrected chi connectivity index (χ2v) is 7.56. The highest BCUT2D eigenvalue weighted by molar-refractivity contribution is 7.89. The summed E-state index contributed by atoms with van der Waals surface area (Å²) in [5.41, 5.74) is 6.25. The number of halogens is 1. The summed E-state index contributed by atoms with van der Waals surface area (Å²) in [7, 11) is -3.45. The molecule has 112 valence electrons. The first-order chi connectivity index (χ1) is 9.48. The topological polar surface area (TPSA) is 63.4 Å². The monoisotopic (exact) mass is 316 g/mol. The summed E-state index contributed by atoms with van der Waals surface area (Å²) >= 11 is 5.99. The Morgan fingerprint density at radius 3 is 2.60 bits per heavy atom. The molecule has 4 nitrogen and oxygen atoms in total. The zero-order valence-corrected chi connectivity index (χ0v) is 13.3. The van der Waals surface area contributed by atoms with E-state index < -0.39 is 10.0 Å². The average molecular weight is 317 g/mol. The Morgan fingerprint density at radius 1 is 1.40 bits per heavy atom. The molecule has 1 saturated carbocycles. The third kappa shape index (κ3) is 3.17. The van der Waals surface area contributed by atoms with E-state index in [1.165, 1.54) is 6.42 Å². The van der Waals surface area contributed by atoms with Crippen molar-refractivity contribution in [3.8, 4) is 0 Å². The van der Waals surface area contributed by atoms with Crippen LogP contribution in [0.4, 0.5) is 0 Å². The van der Waals surface area contributed by atoms with Crippen molar-refractivity contribution in [3.63, 3.8) is 0 Å². The molecule has 20 heavy (non-hydrogen) atoms. The molecular formula is C14H21ClN2O2S. The molecule has 0 unspecified atom stereocenters. The van der Waals surface area contributed by atoms with Crippen molar-refractivity contribution in [2.45, 2.75) is 37.6 Å². The van der Waals surface area contributed by atoms with Gasteiger partial charge in [-0.25, -0.2) is 8.42 Å². The summed E-state index contributed by atoms with van der Waals surface area (Å²) in [6.45, 7) is 3.20. The molecule has 2 N–H and O–H groups in total. The lowest BCUT2D eigenvalue weighted by molar-refractivity contribution is 0.250. The van der Waals surface area contributed by atoms with Gasteiger partial charge in [0.2, 0.25) is 10.0 Å². The molecule has 1 aliphatic rings. The summed E-state index contributed by atoms with van der Waals surface area (Å²) in [6, 6.07) is 4.75. The zero-order chi connectivity index (χ0) is 14.8. The van der Waals surface area contributed by atoms with E-state index in [1.807, 2.05) is 6.92 Å². The molecule has 1 aromatic rings. The Kier molecular flexibility index (Phi) is 5.07. The van der Waals surface area contributed by atoms with Crippen molar-refractivity contribution >= 4 is 21.6 Å². The normalized spacial score (nSPS) is 16.4. The van der Waals surface area contributed by atoms with Crippen molar-refractivity contribution in [1.29, 1.82) is 0 Å². The zero-order valence-electron chi connectivity index (χ0n) is 11.7. The van der Waals surface area contributed by atoms with Crippen LogP contribution in [0.3, 0.4) is 0 Å². The maximum Gasteiger partial charge on any atom is 0.243 e. The van der Waals surface area contributed by atoms with Crippen LogP contribution in [-0.4, -0.2) is 25.8 Å². The Hall–Kier alpha value is -0.620. The fourth-order valence-corrected chi connectivity index (χ4v) is 4.15. The van der Waals surface area contributed by atoms with Crippen LogP contribution in [0, 0.1) is 5.92 Å². The fraction of sp³-hybridized carbons (Fsp3) is 0.571. The first-order valence-corrected chi connectivity index (χ1v) is 8.79. The summed E-state index contributed by atoms with van der Waals surface area (Å²) in [4.78, 5) is 0.281. The molecule has 0 spiro atoms. The molecule has 0 bridgehead atoms. The molecule has 0 aliphatic heterocycles. The average Bonchev–Trinajstić information content (AvgIpc) is 2.37. The largest absolute Gasteiger partial charge is 0.326 e. The van der Waals surface area contributed by atoms with E-state index in [4.69, 9.17) is 17.3 Å². The highest BCUT2D eigenvalue weighted by Crippen LogP contribution is 2.29. The van der Waals surface area contributed by atoms with Gasteiger partial charge >= 0.3 is 0 Å². The molecule has 0 amide bonds. The maximum atomic E-state index is 12.7. The highest BCUT2D eigenvalue weighted by atomic mass is 35.5. The van der Waals surface area contributed by atoms with Gasteiger partial charge in [-0.15, -0.1) is 0 Å². The van der Waals surface area contributed by atoms with Gasteiger partial charge in [-0.2, -0.15) is 4.31 Å². The predicted molar refractivity (Wildman–Crippen MR) is 81.1 cm³/mol. The number of sulfonamides is 1. The van der Waals surface area contributed by atoms with Crippen LogP contribution in [-0.2, 0) is 16.6 Å². The van der Waals surface area contributed by atoms with Gasteiger partial charge in [-0.05, 0) is 42.5 Å². The van der Waals surface area contributed by atoms with E-state index in [9.17, 15) is 8.42 Å². The second kappa shape index (κ2) is 6.43. The third-order valence-electron chi connectivity index (χ3n) is 3.91. The standard InChI is InChI=1S/C14H21ClN2O2S/c1-2-17(10-11-4-3-5-11)20(18,19)13-6-7-14(15)12(8-13)9-16/h6-8,11H,2-5,9-10,16H2,1H3. The van der Waals surface area contributed by atoms with Gasteiger partial charge in [0.15, 0.2) is 0 Å². The second-order valence-electron chi connectivity index (χ2n) is 5.21. The molecule has 1 aromatic carbocycles. The molecular weight excluding hydrogens is 296 g/mol. The lowest BCUT2D eigenvalue weighted by Crippen LogP contribution is -2.37. The minimum absolute atomic E-state index is 0.233. The van der Waals surface area contributed by atoms with E-state index in [2.05, 4.69) is 0 Å². The number of hydrogen-bond donors (Lipinski definition) is 1. The quantitative estimate of drug-likeness (QED) is 0.877. The minimum atomic E-state index is -3.45. The molecule has 0 atom stereocenters. The van der Waals surface area contributed by atoms with Crippen molar-refractivity contribution < 1.29 is 8.42 Å². The predicted octanol–water partition coefficient (Wildman–Crippen LogP) is 2.61. The fourth-order valence-electron chi connectivity index (χ4n) is 2.38. The Balaban J connectivity index is 2.27. The molecule has 0 radical (unpaired) electrons. The van der Waals surface area contributed by atoms with Crippen molar-refractivity contribution in [2.24, 2.45) is 11.7 Å². The van der Waals surface area contributed by atoms with Crippen LogP contribution in [0.5, 0.6) is 0 Å². The van der Waals surface area contributed by atoms with E-state index in [0.29, 0.717) is 29.6 Å². The Bertz CT molecular complexity index is 571. The number of hydrogen-bond acceptors (Lipinski definition) is 3. The van der Waals surface area contributed by atoms with Crippen molar-refractivity contribution in [3.05, 3.63) is 28.8 Å². The smallest absolute Gasteiger partial charge is 0.243 e. The molecule has 0 aromatic heterocycles. The van der Waals surface area contributed by atoms with Crippen LogP contribution in [0.25, 0.3) is 0 Å². The first-order valence-electron chi connectivity index (χ1n) is 6.97. The number of benzene rings is 1. The van der Waals surface area contributed by atoms with E-state index in [-0.39, 0.29) is 11.4 Å². The van der Waals surface area contributed by atoms with Gasteiger partial charge in [0.05, 0.1) is 4.90 Å².